The van der Waals surface area contributed by atoms with E-state index in [1.54, 1.807) is 36.4 Å². The lowest BCUT2D eigenvalue weighted by Gasteiger charge is -2.14. The lowest BCUT2D eigenvalue weighted by atomic mass is 10.0. The van der Waals surface area contributed by atoms with Gasteiger partial charge in [-0.3, -0.25) is 9.59 Å². The Labute approximate surface area is 161 Å². The third kappa shape index (κ3) is 3.03. The summed E-state index contributed by atoms with van der Waals surface area (Å²) >= 11 is 6.54. The van der Waals surface area contributed by atoms with Crippen molar-refractivity contribution in [2.45, 2.75) is 6.92 Å². The molecule has 0 unspecified atom stereocenters. The molecule has 0 radical (unpaired) electrons. The number of halogens is 1. The Bertz CT molecular complexity index is 1040. The zero-order valence-electron chi connectivity index (χ0n) is 14.9. The zero-order chi connectivity index (χ0) is 19.7. The van der Waals surface area contributed by atoms with Crippen molar-refractivity contribution in [2.75, 3.05) is 19.1 Å². The fourth-order valence-corrected chi connectivity index (χ4v) is 3.28. The number of imide groups is 1. The normalized spacial score (nSPS) is 14.5. The first-order chi connectivity index (χ1) is 12.9. The van der Waals surface area contributed by atoms with Crippen LogP contribution in [0.3, 0.4) is 0 Å². The van der Waals surface area contributed by atoms with Gasteiger partial charge in [0.2, 0.25) is 5.91 Å². The van der Waals surface area contributed by atoms with Gasteiger partial charge in [0.25, 0.3) is 5.91 Å². The molecule has 0 atom stereocenters. The van der Waals surface area contributed by atoms with Gasteiger partial charge in [-0.1, -0.05) is 23.7 Å². The molecule has 27 heavy (non-hydrogen) atoms. The molecule has 3 rings (SSSR count). The molecule has 0 fully saturated rings. The molecule has 1 aliphatic heterocycles. The number of fused-ring (bicyclic) bond motifs is 1. The summed E-state index contributed by atoms with van der Waals surface area (Å²) in [7, 11) is 2.95. The Morgan fingerprint density at radius 3 is 2.41 bits per heavy atom. The molecule has 0 N–H and O–H groups in total. The summed E-state index contributed by atoms with van der Waals surface area (Å²) in [5, 5.41) is 9.25. The lowest BCUT2D eigenvalue weighted by Crippen LogP contribution is -2.31. The van der Waals surface area contributed by atoms with Gasteiger partial charge in [0.05, 0.1) is 42.1 Å². The Morgan fingerprint density at radius 2 is 1.81 bits per heavy atom. The molecule has 2 aromatic carbocycles. The highest BCUT2D eigenvalue weighted by atomic mass is 35.5. The summed E-state index contributed by atoms with van der Waals surface area (Å²) in [4.78, 5) is 26.1. The number of methoxy groups -OCH3 is 2. The van der Waals surface area contributed by atoms with Gasteiger partial charge in [0.1, 0.15) is 0 Å². The van der Waals surface area contributed by atoms with Gasteiger partial charge < -0.3 is 9.47 Å². The predicted octanol–water partition coefficient (Wildman–Crippen LogP) is 3.58. The number of carbonyl (C=O) groups excluding carboxylic acids is 2. The van der Waals surface area contributed by atoms with Crippen LogP contribution in [0.2, 0.25) is 0 Å². The van der Waals surface area contributed by atoms with Gasteiger partial charge >= 0.3 is 0 Å². The minimum Gasteiger partial charge on any atom is -0.493 e. The van der Waals surface area contributed by atoms with Gasteiger partial charge in [0, 0.05) is 18.6 Å². The number of benzene rings is 2. The number of anilines is 1. The number of carbonyl (C=O) groups is 2. The molecule has 1 heterocycles. The van der Waals surface area contributed by atoms with E-state index >= 15 is 0 Å². The van der Waals surface area contributed by atoms with Crippen molar-refractivity contribution >= 4 is 39.7 Å². The first-order valence-electron chi connectivity index (χ1n) is 7.94. The molecule has 1 aliphatic rings. The molecule has 0 bridgehead atoms. The van der Waals surface area contributed by atoms with Gasteiger partial charge in [-0.2, -0.15) is 5.26 Å². The summed E-state index contributed by atoms with van der Waals surface area (Å²) in [5.74, 6) is -0.194. The van der Waals surface area contributed by atoms with Crippen LogP contribution in [0.5, 0.6) is 11.5 Å². The highest BCUT2D eigenvalue weighted by Crippen LogP contribution is 2.47. The number of hydrogen-bond donors (Lipinski definition) is 0. The summed E-state index contributed by atoms with van der Waals surface area (Å²) < 4.78 is 10.6. The maximum atomic E-state index is 13.0. The summed E-state index contributed by atoms with van der Waals surface area (Å²) in [6.45, 7) is 1.30. The van der Waals surface area contributed by atoms with Crippen LogP contribution in [-0.2, 0) is 9.59 Å². The average molecular weight is 383 g/mol. The van der Waals surface area contributed by atoms with Crippen LogP contribution in [-0.4, -0.2) is 26.0 Å². The van der Waals surface area contributed by atoms with Gasteiger partial charge in [-0.05, 0) is 23.8 Å². The number of ether oxygens (including phenoxy) is 2. The Hall–Kier alpha value is -3.30. The molecule has 0 aliphatic carbocycles. The van der Waals surface area contributed by atoms with E-state index in [9.17, 15) is 9.59 Å². The number of rotatable bonds is 3. The quantitative estimate of drug-likeness (QED) is 0.758. The Morgan fingerprint density at radius 1 is 1.15 bits per heavy atom. The molecule has 0 saturated carbocycles. The van der Waals surface area contributed by atoms with E-state index in [4.69, 9.17) is 26.3 Å². The van der Waals surface area contributed by atoms with Crippen molar-refractivity contribution in [3.05, 3.63) is 53.1 Å². The second kappa shape index (κ2) is 7.14. The van der Waals surface area contributed by atoms with Crippen LogP contribution in [0.1, 0.15) is 23.6 Å². The lowest BCUT2D eigenvalue weighted by molar-refractivity contribution is -0.122. The van der Waals surface area contributed by atoms with Crippen molar-refractivity contribution in [2.24, 2.45) is 0 Å². The number of nitrogens with zero attached hydrogens (tertiary/aromatic N) is 2. The van der Waals surface area contributed by atoms with Crippen molar-refractivity contribution in [1.29, 1.82) is 5.26 Å². The molecule has 2 amide bonds. The van der Waals surface area contributed by atoms with Crippen LogP contribution in [0.25, 0.3) is 10.6 Å². The number of amides is 2. The summed E-state index contributed by atoms with van der Waals surface area (Å²) in [6, 6.07) is 11.8. The molecule has 136 valence electrons. The maximum absolute atomic E-state index is 13.0. The van der Waals surface area contributed by atoms with Gasteiger partial charge in [-0.25, -0.2) is 4.90 Å². The van der Waals surface area contributed by atoms with E-state index < -0.39 is 11.8 Å². The SMILES string of the molecule is COc1cc2c(cc1OC)N(C(C)=O)C(=O)/C2=C(/Cl)c1cccc(C#N)c1. The topological polar surface area (TPSA) is 79.6 Å². The van der Waals surface area contributed by atoms with Crippen molar-refractivity contribution in [3.63, 3.8) is 0 Å². The second-order valence-electron chi connectivity index (χ2n) is 5.77. The molecule has 0 aromatic heterocycles. The van der Waals surface area contributed by atoms with Gasteiger partial charge in [0.15, 0.2) is 11.5 Å². The molecule has 0 spiro atoms. The maximum Gasteiger partial charge on any atom is 0.267 e. The van der Waals surface area contributed by atoms with Crippen LogP contribution in [0.4, 0.5) is 5.69 Å². The monoisotopic (exact) mass is 382 g/mol. The van der Waals surface area contributed by atoms with Crippen LogP contribution in [0, 0.1) is 11.3 Å². The van der Waals surface area contributed by atoms with E-state index in [2.05, 4.69) is 0 Å². The zero-order valence-corrected chi connectivity index (χ0v) is 15.6. The highest BCUT2D eigenvalue weighted by molar-refractivity contribution is 6.60. The van der Waals surface area contributed by atoms with Crippen molar-refractivity contribution < 1.29 is 19.1 Å². The fourth-order valence-electron chi connectivity index (χ4n) is 2.98. The Kier molecular flexibility index (Phi) is 4.89. The number of nitriles is 1. The molecule has 0 saturated heterocycles. The first-order valence-corrected chi connectivity index (χ1v) is 8.32. The smallest absolute Gasteiger partial charge is 0.267 e. The Balaban J connectivity index is 2.31. The van der Waals surface area contributed by atoms with Crippen LogP contribution >= 0.6 is 11.6 Å². The van der Waals surface area contributed by atoms with Gasteiger partial charge in [-0.15, -0.1) is 0 Å². The summed E-state index contributed by atoms with van der Waals surface area (Å²) in [5.41, 5.74) is 1.91. The first kappa shape index (κ1) is 18.5. The fraction of sp³-hybridized carbons (Fsp3) is 0.150. The minimum absolute atomic E-state index is 0.148. The molecule has 7 heteroatoms. The largest absolute Gasteiger partial charge is 0.493 e. The van der Waals surface area contributed by atoms with Crippen molar-refractivity contribution in [1.82, 2.24) is 0 Å². The second-order valence-corrected chi connectivity index (χ2v) is 6.14. The molecule has 2 aromatic rings. The molecular weight excluding hydrogens is 368 g/mol. The van der Waals surface area contributed by atoms with Crippen LogP contribution < -0.4 is 14.4 Å². The van der Waals surface area contributed by atoms with Crippen molar-refractivity contribution in [3.8, 4) is 17.6 Å². The third-order valence-electron chi connectivity index (χ3n) is 4.21. The van der Waals surface area contributed by atoms with E-state index in [-0.39, 0.29) is 10.6 Å². The summed E-state index contributed by atoms with van der Waals surface area (Å²) in [6.07, 6.45) is 0. The highest BCUT2D eigenvalue weighted by Gasteiger charge is 2.38. The van der Waals surface area contributed by atoms with E-state index in [0.717, 1.165) is 4.90 Å². The predicted molar refractivity (Wildman–Crippen MR) is 102 cm³/mol. The minimum atomic E-state index is -0.542. The standard InChI is InChI=1S/C20H15ClN2O4/c1-11(24)23-15-9-17(27-3)16(26-2)8-14(15)18(20(23)25)19(21)13-6-4-5-12(7-13)10-22/h4-9H,1-3H3/b19-18+. The van der Waals surface area contributed by atoms with E-state index in [0.29, 0.717) is 33.9 Å². The third-order valence-corrected chi connectivity index (χ3v) is 4.62. The molecule has 6 nitrogen and oxygen atoms in total. The van der Waals surface area contributed by atoms with E-state index in [1.807, 2.05) is 6.07 Å². The van der Waals surface area contributed by atoms with E-state index in [1.165, 1.54) is 21.1 Å². The molecular formula is C20H15ClN2O4. The number of hydrogen-bond acceptors (Lipinski definition) is 5. The average Bonchev–Trinajstić information content (AvgIpc) is 2.97. The van der Waals surface area contributed by atoms with Crippen LogP contribution in [0.15, 0.2) is 36.4 Å².